The zero-order valence-electron chi connectivity index (χ0n) is 35.9. The molecule has 0 saturated carbocycles. The number of fused-ring (bicyclic) bond motifs is 11. The van der Waals surface area contributed by atoms with E-state index in [1.807, 2.05) is 48.5 Å². The van der Waals surface area contributed by atoms with E-state index in [4.69, 9.17) is 15.4 Å². The van der Waals surface area contributed by atoms with E-state index in [9.17, 15) is 5.26 Å². The molecule has 0 spiro atoms. The minimum Gasteiger partial charge on any atom is -0.455 e. The number of anilines is 6. The summed E-state index contributed by atoms with van der Waals surface area (Å²) in [5, 5.41) is 17.7. The average molecular weight is 827 g/mol. The van der Waals surface area contributed by atoms with Gasteiger partial charge in [-0.2, -0.15) is 5.26 Å². The van der Waals surface area contributed by atoms with E-state index in [0.717, 1.165) is 99.5 Å². The van der Waals surface area contributed by atoms with E-state index >= 15 is 0 Å². The highest BCUT2D eigenvalue weighted by Crippen LogP contribution is 2.45. The number of benzene rings is 9. The SMILES string of the molecule is [C-]#[N+]c1ccc(N(c2ccc(C(C)C)cc2)c2ccc3c(ccc4c5ccc6oc7c8ccc(N(c9ccc(C#N)cc9)c9ccc(C(C)C)cc9)cc8ccc7c6c5oc34)c2)cc1. The van der Waals surface area contributed by atoms with Gasteiger partial charge in [0.25, 0.3) is 0 Å². The van der Waals surface area contributed by atoms with E-state index in [0.29, 0.717) is 23.1 Å². The Morgan fingerprint density at radius 2 is 0.875 bits per heavy atom. The number of nitrogens with zero attached hydrogens (tertiary/aromatic N) is 4. The summed E-state index contributed by atoms with van der Waals surface area (Å²) >= 11 is 0. The standard InChI is InChI=1S/C58H42N4O2/c1-35(2)38-8-18-44(19-9-38)61(43-16-6-37(34-59)7-17-43)47-25-29-50-41(33-47)13-27-53-55-54(63-57(50)53)31-30-52-51-26-12-40-32-48(24-28-49(40)56(51)64-58(52)55)62(46-22-14-42(60-5)15-23-46)45-20-10-39(11-21-45)36(3)4/h6-33,35-36H,1-4H3. The van der Waals surface area contributed by atoms with Crippen LogP contribution in [-0.4, -0.2) is 0 Å². The van der Waals surface area contributed by atoms with E-state index in [-0.39, 0.29) is 0 Å². The van der Waals surface area contributed by atoms with Crippen LogP contribution in [0.4, 0.5) is 39.8 Å². The average Bonchev–Trinajstić information content (AvgIpc) is 3.91. The molecule has 0 fully saturated rings. The van der Waals surface area contributed by atoms with Crippen LogP contribution >= 0.6 is 0 Å². The predicted molar refractivity (Wildman–Crippen MR) is 265 cm³/mol. The van der Waals surface area contributed by atoms with Gasteiger partial charge in [0.15, 0.2) is 5.69 Å². The Labute approximate surface area is 371 Å². The van der Waals surface area contributed by atoms with Crippen molar-refractivity contribution in [3.05, 3.63) is 198 Å². The summed E-state index contributed by atoms with van der Waals surface area (Å²) in [5.74, 6) is 0.855. The molecule has 0 aliphatic rings. The van der Waals surface area contributed by atoms with Crippen LogP contribution in [0.5, 0.6) is 0 Å². The van der Waals surface area contributed by atoms with Crippen molar-refractivity contribution in [3.8, 4) is 6.07 Å². The van der Waals surface area contributed by atoms with Gasteiger partial charge in [0, 0.05) is 61.1 Å². The monoisotopic (exact) mass is 826 g/mol. The summed E-state index contributed by atoms with van der Waals surface area (Å²) in [6, 6.07) is 61.1. The molecule has 11 rings (SSSR count). The molecule has 0 unspecified atom stereocenters. The molecule has 2 heterocycles. The van der Waals surface area contributed by atoms with Gasteiger partial charge in [0.05, 0.1) is 23.6 Å². The van der Waals surface area contributed by atoms with Crippen molar-refractivity contribution in [1.29, 1.82) is 5.26 Å². The van der Waals surface area contributed by atoms with Crippen molar-refractivity contribution in [1.82, 2.24) is 0 Å². The maximum absolute atomic E-state index is 9.51. The quantitative estimate of drug-likeness (QED) is 0.143. The first-order valence-electron chi connectivity index (χ1n) is 21.7. The molecule has 0 bridgehead atoms. The normalized spacial score (nSPS) is 11.7. The van der Waals surface area contributed by atoms with Gasteiger partial charge >= 0.3 is 0 Å². The minimum absolute atomic E-state index is 0.426. The van der Waals surface area contributed by atoms with Gasteiger partial charge in [0.1, 0.15) is 22.3 Å². The molecule has 0 saturated heterocycles. The first kappa shape index (κ1) is 38.6. The van der Waals surface area contributed by atoms with Crippen LogP contribution in [0.2, 0.25) is 0 Å². The van der Waals surface area contributed by atoms with Gasteiger partial charge in [-0.05, 0) is 155 Å². The summed E-state index contributed by atoms with van der Waals surface area (Å²) in [7, 11) is 0. The van der Waals surface area contributed by atoms with Crippen LogP contribution in [0.1, 0.15) is 56.2 Å². The molecular formula is C58H42N4O2. The van der Waals surface area contributed by atoms with Gasteiger partial charge in [0.2, 0.25) is 0 Å². The van der Waals surface area contributed by atoms with Crippen molar-refractivity contribution in [3.63, 3.8) is 0 Å². The van der Waals surface area contributed by atoms with Crippen molar-refractivity contribution >= 4 is 105 Å². The smallest absolute Gasteiger partial charge is 0.187 e. The summed E-state index contributed by atoms with van der Waals surface area (Å²) in [4.78, 5) is 8.09. The highest BCUT2D eigenvalue weighted by Gasteiger charge is 2.21. The van der Waals surface area contributed by atoms with Crippen molar-refractivity contribution in [2.75, 3.05) is 9.80 Å². The Morgan fingerprint density at radius 3 is 1.38 bits per heavy atom. The highest BCUT2D eigenvalue weighted by atomic mass is 16.3. The van der Waals surface area contributed by atoms with Gasteiger partial charge in [-0.15, -0.1) is 0 Å². The fourth-order valence-corrected chi connectivity index (χ4v) is 9.19. The molecule has 0 aliphatic carbocycles. The van der Waals surface area contributed by atoms with E-state index < -0.39 is 0 Å². The maximum atomic E-state index is 9.51. The first-order valence-corrected chi connectivity index (χ1v) is 21.7. The molecule has 0 N–H and O–H groups in total. The number of hydrogen-bond acceptors (Lipinski definition) is 5. The lowest BCUT2D eigenvalue weighted by atomic mass is 10.0. The van der Waals surface area contributed by atoms with Crippen LogP contribution in [-0.2, 0) is 0 Å². The number of rotatable bonds is 8. The van der Waals surface area contributed by atoms with Crippen molar-refractivity contribution in [2.24, 2.45) is 0 Å². The lowest BCUT2D eigenvalue weighted by molar-refractivity contribution is 0.666. The second-order valence-corrected chi connectivity index (χ2v) is 17.2. The minimum atomic E-state index is 0.426. The number of furan rings is 2. The van der Waals surface area contributed by atoms with Gasteiger partial charge in [-0.1, -0.05) is 76.2 Å². The molecule has 306 valence electrons. The van der Waals surface area contributed by atoms with Crippen LogP contribution in [0, 0.1) is 17.9 Å². The van der Waals surface area contributed by atoms with Crippen LogP contribution < -0.4 is 9.80 Å². The molecular weight excluding hydrogens is 785 g/mol. The van der Waals surface area contributed by atoms with Crippen molar-refractivity contribution < 1.29 is 8.83 Å². The Balaban J connectivity index is 1.01. The lowest BCUT2D eigenvalue weighted by Crippen LogP contribution is -2.10. The molecule has 2 aromatic heterocycles. The van der Waals surface area contributed by atoms with Crippen LogP contribution in [0.15, 0.2) is 179 Å². The zero-order valence-corrected chi connectivity index (χ0v) is 35.9. The summed E-state index contributed by atoms with van der Waals surface area (Å²) < 4.78 is 13.7. The second-order valence-electron chi connectivity index (χ2n) is 17.2. The predicted octanol–water partition coefficient (Wildman–Crippen LogP) is 17.4. The third kappa shape index (κ3) is 6.39. The van der Waals surface area contributed by atoms with E-state index in [2.05, 4.69) is 170 Å². The van der Waals surface area contributed by atoms with Gasteiger partial charge in [-0.3, -0.25) is 0 Å². The first-order chi connectivity index (χ1) is 31.3. The summed E-state index contributed by atoms with van der Waals surface area (Å²) in [6.45, 7) is 16.3. The molecule has 0 radical (unpaired) electrons. The molecule has 0 aliphatic heterocycles. The largest absolute Gasteiger partial charge is 0.455 e. The fourth-order valence-electron chi connectivity index (χ4n) is 9.19. The van der Waals surface area contributed by atoms with Gasteiger partial charge < -0.3 is 18.6 Å². The Morgan fingerprint density at radius 1 is 0.453 bits per heavy atom. The van der Waals surface area contributed by atoms with Crippen LogP contribution in [0.3, 0.4) is 0 Å². The lowest BCUT2D eigenvalue weighted by Gasteiger charge is -2.26. The highest BCUT2D eigenvalue weighted by molar-refractivity contribution is 6.27. The summed E-state index contributed by atoms with van der Waals surface area (Å²) in [5.41, 5.74) is 13.1. The van der Waals surface area contributed by atoms with Crippen molar-refractivity contribution in [2.45, 2.75) is 39.5 Å². The number of nitriles is 1. The molecule has 9 aromatic carbocycles. The molecule has 6 heteroatoms. The Hall–Kier alpha value is -8.32. The third-order valence-electron chi connectivity index (χ3n) is 12.6. The van der Waals surface area contributed by atoms with Gasteiger partial charge in [-0.25, -0.2) is 4.85 Å². The fraction of sp³-hybridized carbons (Fsp3) is 0.103. The molecule has 0 atom stereocenters. The Bertz CT molecular complexity index is 3680. The molecule has 0 amide bonds. The topological polar surface area (TPSA) is 60.9 Å². The maximum Gasteiger partial charge on any atom is 0.187 e. The Kier molecular flexibility index (Phi) is 9.19. The zero-order chi connectivity index (χ0) is 43.6. The molecule has 11 aromatic rings. The molecule has 6 nitrogen and oxygen atoms in total. The second kappa shape index (κ2) is 15.2. The summed E-state index contributed by atoms with van der Waals surface area (Å²) in [6.07, 6.45) is 0. The molecule has 64 heavy (non-hydrogen) atoms. The third-order valence-corrected chi connectivity index (χ3v) is 12.6. The van der Waals surface area contributed by atoms with Crippen LogP contribution in [0.25, 0.3) is 70.3 Å². The number of hydrogen-bond donors (Lipinski definition) is 0. The van der Waals surface area contributed by atoms with E-state index in [1.165, 1.54) is 11.1 Å². The van der Waals surface area contributed by atoms with E-state index in [1.54, 1.807) is 0 Å².